The Morgan fingerprint density at radius 3 is 0.810 bits per heavy atom. The maximum absolute atomic E-state index is 6.02. The van der Waals surface area contributed by atoms with Gasteiger partial charge in [-0.25, -0.2) is 0 Å². The second-order valence-corrected chi connectivity index (χ2v) is 20.9. The molecule has 0 N–H and O–H groups in total. The Morgan fingerprint density at radius 2 is 0.667 bits per heavy atom. The van der Waals surface area contributed by atoms with Crippen LogP contribution in [0.15, 0.2) is 0 Å². The summed E-state index contributed by atoms with van der Waals surface area (Å²) in [6.45, 7) is 12.2. The summed E-state index contributed by atoms with van der Waals surface area (Å²) in [6, 6.07) is 0. The van der Waals surface area contributed by atoms with E-state index in [0.717, 1.165) is 0 Å². The Morgan fingerprint density at radius 1 is 0.429 bits per heavy atom. The van der Waals surface area contributed by atoms with Gasteiger partial charge in [-0.1, -0.05) is 0 Å². The van der Waals surface area contributed by atoms with Crippen molar-refractivity contribution in [3.05, 3.63) is 0 Å². The van der Waals surface area contributed by atoms with Gasteiger partial charge in [0.1, 0.15) is 0 Å². The van der Waals surface area contributed by atoms with Gasteiger partial charge in [-0.15, -0.1) is 0 Å². The summed E-state index contributed by atoms with van der Waals surface area (Å²) < 4.78 is 39.8. The molecule has 0 aromatic carbocycles. The van der Waals surface area contributed by atoms with Crippen LogP contribution in [-0.4, -0.2) is 63.2 Å². The fourth-order valence-corrected chi connectivity index (χ4v) is 12.8. The minimum Gasteiger partial charge on any atom is -0.395 e. The first kappa shape index (κ1) is 21.6. The first-order chi connectivity index (χ1) is 9.36. The van der Waals surface area contributed by atoms with Crippen molar-refractivity contribution in [1.29, 1.82) is 0 Å². The minimum atomic E-state index is -3.39. The van der Waals surface area contributed by atoms with Gasteiger partial charge in [0, 0.05) is 28.4 Å². The lowest BCUT2D eigenvalue weighted by atomic mass is 11.8. The van der Waals surface area contributed by atoms with E-state index >= 15 is 0 Å². The third-order valence-corrected chi connectivity index (χ3v) is 13.0. The molecule has 0 amide bonds. The molecule has 0 heterocycles. The molecule has 0 saturated heterocycles. The second-order valence-electron chi connectivity index (χ2n) is 6.35. The lowest BCUT2D eigenvalue weighted by Gasteiger charge is -2.38. The van der Waals surface area contributed by atoms with Crippen molar-refractivity contribution >= 4 is 34.7 Å². The molecule has 0 radical (unpaired) electrons. The number of hydrogen-bond donors (Lipinski definition) is 0. The van der Waals surface area contributed by atoms with Crippen molar-refractivity contribution in [2.75, 3.05) is 28.4 Å². The fraction of sp³-hybridized carbons (Fsp3) is 1.00. The van der Waals surface area contributed by atoms with Crippen molar-refractivity contribution in [2.24, 2.45) is 0 Å². The molecule has 128 valence electrons. The van der Waals surface area contributed by atoms with Crippen molar-refractivity contribution in [3.63, 3.8) is 0 Å². The molecule has 0 aliphatic carbocycles. The molecule has 0 aromatic heterocycles. The summed E-state index contributed by atoms with van der Waals surface area (Å²) in [5.74, 6) is 0. The molecule has 0 fully saturated rings. The number of hydrogen-bond acceptors (Lipinski definition) is 7. The van der Waals surface area contributed by atoms with Crippen LogP contribution in [0.3, 0.4) is 0 Å². The lowest BCUT2D eigenvalue weighted by Crippen LogP contribution is -2.65. The molecule has 7 nitrogen and oxygen atoms in total. The van der Waals surface area contributed by atoms with E-state index in [1.165, 1.54) is 28.4 Å². The molecule has 0 aliphatic heterocycles. The average molecular weight is 375 g/mol. The molecular weight excluding hydrogens is 344 g/mol. The quantitative estimate of drug-likeness (QED) is 0.543. The van der Waals surface area contributed by atoms with E-state index < -0.39 is 34.7 Å². The van der Waals surface area contributed by atoms with E-state index in [1.807, 2.05) is 39.3 Å². The van der Waals surface area contributed by atoms with Crippen LogP contribution in [0.1, 0.15) is 0 Å². The van der Waals surface area contributed by atoms with Crippen molar-refractivity contribution in [3.8, 4) is 0 Å². The van der Waals surface area contributed by atoms with Gasteiger partial charge in [0.05, 0.1) is 0 Å². The maximum Gasteiger partial charge on any atom is 0.662 e. The number of rotatable bonds is 10. The average Bonchev–Trinajstić information content (AvgIpc) is 2.33. The highest BCUT2D eigenvalue weighted by Gasteiger charge is 2.60. The standard InChI is InChI=1S/C10H30O7Si4/c1-11-20(12-2,15-18(5,6)7)17-21(13-3,14-4)16-19(8,9)10/h1-10H3. The lowest BCUT2D eigenvalue weighted by molar-refractivity contribution is 0.00147. The molecule has 11 heteroatoms. The Bertz CT molecular complexity index is 278. The van der Waals surface area contributed by atoms with Crippen molar-refractivity contribution in [2.45, 2.75) is 39.3 Å². The van der Waals surface area contributed by atoms with Crippen LogP contribution in [0.25, 0.3) is 0 Å². The second kappa shape index (κ2) is 7.92. The van der Waals surface area contributed by atoms with E-state index in [1.54, 1.807) is 0 Å². The van der Waals surface area contributed by atoms with E-state index in [9.17, 15) is 0 Å². The van der Waals surface area contributed by atoms with Gasteiger partial charge in [0.2, 0.25) is 0 Å². The van der Waals surface area contributed by atoms with Crippen LogP contribution < -0.4 is 0 Å². The Labute approximate surface area is 133 Å². The monoisotopic (exact) mass is 374 g/mol. The van der Waals surface area contributed by atoms with Crippen LogP contribution >= 0.6 is 0 Å². The molecule has 0 aliphatic rings. The summed E-state index contributed by atoms with van der Waals surface area (Å²) >= 11 is 0. The molecule has 21 heavy (non-hydrogen) atoms. The SMILES string of the molecule is CO[Si](OC)(O[Si](C)(C)C)O[Si](OC)(OC)O[Si](C)(C)C. The highest BCUT2D eigenvalue weighted by molar-refractivity contribution is 6.83. The van der Waals surface area contributed by atoms with Gasteiger partial charge in [-0.2, -0.15) is 0 Å². The van der Waals surface area contributed by atoms with Crippen LogP contribution in [0, 0.1) is 0 Å². The van der Waals surface area contributed by atoms with E-state index in [0.29, 0.717) is 0 Å². The summed E-state index contributed by atoms with van der Waals surface area (Å²) in [5.41, 5.74) is 0. The highest BCUT2D eigenvalue weighted by Crippen LogP contribution is 2.25. The van der Waals surface area contributed by atoms with Crippen molar-refractivity contribution in [1.82, 2.24) is 0 Å². The van der Waals surface area contributed by atoms with Gasteiger partial charge in [-0.05, 0) is 39.3 Å². The maximum atomic E-state index is 6.02. The molecular formula is C10H30O7Si4. The zero-order chi connectivity index (χ0) is 16.9. The van der Waals surface area contributed by atoms with Crippen LogP contribution in [0.5, 0.6) is 0 Å². The van der Waals surface area contributed by atoms with Gasteiger partial charge in [0.25, 0.3) is 0 Å². The summed E-state index contributed by atoms with van der Waals surface area (Å²) in [7, 11) is -4.72. The predicted octanol–water partition coefficient (Wildman–Crippen LogP) is 2.16. The van der Waals surface area contributed by atoms with Gasteiger partial charge in [0.15, 0.2) is 16.6 Å². The van der Waals surface area contributed by atoms with E-state index in [-0.39, 0.29) is 0 Å². The molecule has 0 bridgehead atoms. The zero-order valence-electron chi connectivity index (χ0n) is 14.9. The van der Waals surface area contributed by atoms with Gasteiger partial charge >= 0.3 is 18.1 Å². The van der Waals surface area contributed by atoms with E-state index in [4.69, 9.17) is 30.0 Å². The highest BCUT2D eigenvalue weighted by atomic mass is 28.5. The summed E-state index contributed by atoms with van der Waals surface area (Å²) in [5, 5.41) is 0. The van der Waals surface area contributed by atoms with Crippen LogP contribution in [0.2, 0.25) is 39.3 Å². The predicted molar refractivity (Wildman–Crippen MR) is 89.5 cm³/mol. The van der Waals surface area contributed by atoms with Gasteiger partial charge < -0.3 is 30.0 Å². The van der Waals surface area contributed by atoms with E-state index in [2.05, 4.69) is 0 Å². The normalized spacial score (nSPS) is 14.6. The Balaban J connectivity index is 5.42. The fourth-order valence-electron chi connectivity index (χ4n) is 1.44. The third-order valence-electron chi connectivity index (χ3n) is 2.11. The molecule has 0 unspecified atom stereocenters. The smallest absolute Gasteiger partial charge is 0.395 e. The minimum absolute atomic E-state index is 1.49. The largest absolute Gasteiger partial charge is 0.662 e. The summed E-state index contributed by atoms with van der Waals surface area (Å²) in [6.07, 6.45) is 0. The topological polar surface area (TPSA) is 64.6 Å². The molecule has 0 atom stereocenters. The first-order valence-corrected chi connectivity index (χ1v) is 16.8. The first-order valence-electron chi connectivity index (χ1n) is 6.67. The molecule has 0 aromatic rings. The molecule has 0 rings (SSSR count). The van der Waals surface area contributed by atoms with Crippen LogP contribution in [-0.2, 0) is 30.0 Å². The zero-order valence-corrected chi connectivity index (χ0v) is 18.9. The van der Waals surface area contributed by atoms with Crippen LogP contribution in [0.4, 0.5) is 0 Å². The van der Waals surface area contributed by atoms with Gasteiger partial charge in [-0.3, -0.25) is 0 Å². The Kier molecular flexibility index (Phi) is 8.14. The molecule has 0 saturated carbocycles. The molecule has 0 spiro atoms. The summed E-state index contributed by atoms with van der Waals surface area (Å²) in [4.78, 5) is 0. The third kappa shape index (κ3) is 7.60. The Hall–Kier alpha value is 0.588. The van der Waals surface area contributed by atoms with Crippen molar-refractivity contribution < 1.29 is 30.0 Å².